The van der Waals surface area contributed by atoms with Crippen LogP contribution in [0.25, 0.3) is 28.1 Å². The summed E-state index contributed by atoms with van der Waals surface area (Å²) in [4.78, 5) is 12.9. The lowest BCUT2D eigenvalue weighted by Gasteiger charge is -2.11. The van der Waals surface area contributed by atoms with Crippen molar-refractivity contribution in [2.75, 3.05) is 0 Å². The number of para-hydroxylation sites is 1. The van der Waals surface area contributed by atoms with Gasteiger partial charge in [-0.3, -0.25) is 13.8 Å². The maximum absolute atomic E-state index is 12.9. The Kier molecular flexibility index (Phi) is 3.72. The fraction of sp³-hybridized carbons (Fsp3) is 0.211. The average molecular weight is 334 g/mol. The molecular weight excluding hydrogens is 316 g/mol. The first-order valence-electron chi connectivity index (χ1n) is 8.37. The molecule has 25 heavy (non-hydrogen) atoms. The number of aryl methyl sites for hydroxylation is 1. The Labute approximate surface area is 144 Å². The summed E-state index contributed by atoms with van der Waals surface area (Å²) in [7, 11) is 0. The van der Waals surface area contributed by atoms with Crippen molar-refractivity contribution in [2.45, 2.75) is 26.3 Å². The molecule has 2 heterocycles. The van der Waals surface area contributed by atoms with Crippen LogP contribution in [-0.2, 0) is 6.54 Å². The highest BCUT2D eigenvalue weighted by Crippen LogP contribution is 2.25. The molecule has 0 atom stereocenters. The van der Waals surface area contributed by atoms with E-state index in [4.69, 9.17) is 0 Å². The summed E-state index contributed by atoms with van der Waals surface area (Å²) in [6.07, 6.45) is 1.88. The molecule has 1 N–H and O–H groups in total. The smallest absolute Gasteiger partial charge is 0.262 e. The van der Waals surface area contributed by atoms with Crippen LogP contribution in [0.3, 0.4) is 0 Å². The zero-order chi connectivity index (χ0) is 17.4. The van der Waals surface area contributed by atoms with E-state index in [1.54, 1.807) is 22.8 Å². The Morgan fingerprint density at radius 1 is 1.08 bits per heavy atom. The van der Waals surface area contributed by atoms with Gasteiger partial charge < -0.3 is 5.11 Å². The second-order valence-corrected chi connectivity index (χ2v) is 6.04. The largest absolute Gasteiger partial charge is 0.508 e. The summed E-state index contributed by atoms with van der Waals surface area (Å²) in [6.45, 7) is 2.69. The van der Waals surface area contributed by atoms with Crippen LogP contribution in [0.5, 0.6) is 5.75 Å². The molecule has 0 fully saturated rings. The molecule has 0 saturated heterocycles. The van der Waals surface area contributed by atoms with Crippen LogP contribution >= 0.6 is 0 Å². The van der Waals surface area contributed by atoms with E-state index in [0.717, 1.165) is 23.9 Å². The van der Waals surface area contributed by atoms with Gasteiger partial charge in [-0.25, -0.2) is 0 Å². The quantitative estimate of drug-likeness (QED) is 0.622. The maximum Gasteiger partial charge on any atom is 0.262 e. The SMILES string of the molecule is CCCCn1c(=O)c2ccccc2n2c(-c3cccc(O)c3)nnc12. The minimum absolute atomic E-state index is 0.0496. The maximum atomic E-state index is 12.9. The molecule has 4 rings (SSSR count). The van der Waals surface area contributed by atoms with Crippen LogP contribution < -0.4 is 5.56 Å². The van der Waals surface area contributed by atoms with E-state index in [1.807, 2.05) is 34.7 Å². The molecule has 0 bridgehead atoms. The Hall–Kier alpha value is -3.15. The molecule has 0 aliphatic rings. The van der Waals surface area contributed by atoms with E-state index >= 15 is 0 Å². The van der Waals surface area contributed by atoms with Crippen LogP contribution in [0.4, 0.5) is 0 Å². The number of rotatable bonds is 4. The number of aromatic hydroxyl groups is 1. The number of fused-ring (bicyclic) bond motifs is 3. The zero-order valence-electron chi connectivity index (χ0n) is 13.9. The number of unbranched alkanes of at least 4 members (excludes halogenated alkanes) is 1. The van der Waals surface area contributed by atoms with Gasteiger partial charge >= 0.3 is 0 Å². The molecule has 2 aromatic carbocycles. The Balaban J connectivity index is 2.11. The number of phenolic OH excluding ortho intramolecular Hbond substituents is 1. The standard InChI is InChI=1S/C19H18N4O2/c1-2-3-11-22-18(25)15-9-4-5-10-16(15)23-17(20-21-19(22)23)13-7-6-8-14(24)12-13/h4-10,12,24H,2-3,11H2,1H3. The second kappa shape index (κ2) is 6.05. The van der Waals surface area contributed by atoms with Crippen molar-refractivity contribution < 1.29 is 5.11 Å². The first-order chi connectivity index (χ1) is 12.2. The fourth-order valence-corrected chi connectivity index (χ4v) is 3.11. The lowest BCUT2D eigenvalue weighted by atomic mass is 10.2. The van der Waals surface area contributed by atoms with E-state index in [1.165, 1.54) is 0 Å². The third-order valence-corrected chi connectivity index (χ3v) is 4.35. The number of hydrogen-bond donors (Lipinski definition) is 1. The first-order valence-corrected chi connectivity index (χ1v) is 8.37. The van der Waals surface area contributed by atoms with Crippen LogP contribution in [-0.4, -0.2) is 24.3 Å². The van der Waals surface area contributed by atoms with Crippen molar-refractivity contribution in [2.24, 2.45) is 0 Å². The minimum atomic E-state index is -0.0496. The molecule has 0 spiro atoms. The minimum Gasteiger partial charge on any atom is -0.508 e. The number of nitrogens with zero attached hydrogens (tertiary/aromatic N) is 4. The molecule has 0 radical (unpaired) electrons. The molecule has 0 aliphatic heterocycles. The van der Waals surface area contributed by atoms with Gasteiger partial charge in [0.1, 0.15) is 5.75 Å². The number of phenols is 1. The topological polar surface area (TPSA) is 72.4 Å². The van der Waals surface area contributed by atoms with Gasteiger partial charge in [0.05, 0.1) is 10.9 Å². The van der Waals surface area contributed by atoms with Crippen LogP contribution in [0.2, 0.25) is 0 Å². The van der Waals surface area contributed by atoms with E-state index in [-0.39, 0.29) is 11.3 Å². The molecule has 126 valence electrons. The highest BCUT2D eigenvalue weighted by Gasteiger charge is 2.17. The average Bonchev–Trinajstić information content (AvgIpc) is 3.07. The van der Waals surface area contributed by atoms with Crippen molar-refractivity contribution in [3.63, 3.8) is 0 Å². The third kappa shape index (κ3) is 2.46. The van der Waals surface area contributed by atoms with Crippen molar-refractivity contribution in [3.8, 4) is 17.1 Å². The first kappa shape index (κ1) is 15.4. The van der Waals surface area contributed by atoms with Gasteiger partial charge in [0.25, 0.3) is 5.56 Å². The molecule has 6 heteroatoms. The van der Waals surface area contributed by atoms with Gasteiger partial charge in [-0.05, 0) is 30.7 Å². The van der Waals surface area contributed by atoms with Crippen LogP contribution in [0.15, 0.2) is 53.3 Å². The molecule has 4 aromatic rings. The lowest BCUT2D eigenvalue weighted by molar-refractivity contribution is 0.475. The predicted molar refractivity (Wildman–Crippen MR) is 96.8 cm³/mol. The number of hydrogen-bond acceptors (Lipinski definition) is 4. The van der Waals surface area contributed by atoms with Gasteiger partial charge in [0.15, 0.2) is 5.82 Å². The van der Waals surface area contributed by atoms with Crippen molar-refractivity contribution in [3.05, 3.63) is 58.9 Å². The van der Waals surface area contributed by atoms with E-state index < -0.39 is 0 Å². The Morgan fingerprint density at radius 2 is 1.92 bits per heavy atom. The summed E-state index contributed by atoms with van der Waals surface area (Å²) in [5.74, 6) is 1.29. The van der Waals surface area contributed by atoms with Crippen molar-refractivity contribution >= 4 is 16.7 Å². The third-order valence-electron chi connectivity index (χ3n) is 4.35. The fourth-order valence-electron chi connectivity index (χ4n) is 3.11. The molecule has 2 aromatic heterocycles. The van der Waals surface area contributed by atoms with Gasteiger partial charge in [-0.15, -0.1) is 10.2 Å². The molecule has 0 amide bonds. The predicted octanol–water partition coefficient (Wildman–Crippen LogP) is 3.22. The summed E-state index contributed by atoms with van der Waals surface area (Å²) in [5, 5.41) is 19.0. The lowest BCUT2D eigenvalue weighted by Crippen LogP contribution is -2.23. The van der Waals surface area contributed by atoms with E-state index in [2.05, 4.69) is 17.1 Å². The van der Waals surface area contributed by atoms with Crippen molar-refractivity contribution in [1.82, 2.24) is 19.2 Å². The zero-order valence-corrected chi connectivity index (χ0v) is 13.9. The van der Waals surface area contributed by atoms with E-state index in [0.29, 0.717) is 23.5 Å². The number of benzene rings is 2. The van der Waals surface area contributed by atoms with Crippen LogP contribution in [0, 0.1) is 0 Å². The molecular formula is C19H18N4O2. The van der Waals surface area contributed by atoms with Crippen molar-refractivity contribution in [1.29, 1.82) is 0 Å². The molecule has 6 nitrogen and oxygen atoms in total. The van der Waals surface area contributed by atoms with E-state index in [9.17, 15) is 9.90 Å². The molecule has 0 saturated carbocycles. The van der Waals surface area contributed by atoms with Gasteiger partial charge in [0.2, 0.25) is 5.78 Å². The Morgan fingerprint density at radius 3 is 2.72 bits per heavy atom. The second-order valence-electron chi connectivity index (χ2n) is 6.04. The van der Waals surface area contributed by atoms with Crippen LogP contribution in [0.1, 0.15) is 19.8 Å². The van der Waals surface area contributed by atoms with Gasteiger partial charge in [-0.2, -0.15) is 0 Å². The summed E-state index contributed by atoms with van der Waals surface area (Å²) in [5.41, 5.74) is 1.46. The summed E-state index contributed by atoms with van der Waals surface area (Å²) >= 11 is 0. The van der Waals surface area contributed by atoms with Gasteiger partial charge in [0, 0.05) is 12.1 Å². The Bertz CT molecular complexity index is 1130. The molecule has 0 unspecified atom stereocenters. The summed E-state index contributed by atoms with van der Waals surface area (Å²) < 4.78 is 3.58. The number of aromatic nitrogens is 4. The molecule has 0 aliphatic carbocycles. The summed E-state index contributed by atoms with van der Waals surface area (Å²) in [6, 6.07) is 14.4. The highest BCUT2D eigenvalue weighted by atomic mass is 16.3. The monoisotopic (exact) mass is 334 g/mol. The highest BCUT2D eigenvalue weighted by molar-refractivity contribution is 5.82. The van der Waals surface area contributed by atoms with Gasteiger partial charge in [-0.1, -0.05) is 37.6 Å². The normalized spacial score (nSPS) is 11.4.